The van der Waals surface area contributed by atoms with Gasteiger partial charge in [0.2, 0.25) is 5.56 Å². The zero-order chi connectivity index (χ0) is 14.8. The zero-order valence-corrected chi connectivity index (χ0v) is 12.0. The van der Waals surface area contributed by atoms with Crippen LogP contribution in [0.4, 0.5) is 0 Å². The molecule has 1 aliphatic heterocycles. The third-order valence-electron chi connectivity index (χ3n) is 4.08. The number of H-pyrrole nitrogens is 1. The van der Waals surface area contributed by atoms with Crippen molar-refractivity contribution < 1.29 is 4.79 Å². The molecule has 0 bridgehead atoms. The second kappa shape index (κ2) is 5.56. The Labute approximate surface area is 123 Å². The SMILES string of the molecule is Cc1ccccc1C1CCCN1C(=O)c1cc[nH]c(=O)c1. The minimum Gasteiger partial charge on any atom is -0.332 e. The molecule has 0 spiro atoms. The fourth-order valence-electron chi connectivity index (χ4n) is 3.04. The Morgan fingerprint density at radius 1 is 1.29 bits per heavy atom. The Bertz CT molecular complexity index is 720. The summed E-state index contributed by atoms with van der Waals surface area (Å²) in [5, 5.41) is 0. The molecule has 1 saturated heterocycles. The van der Waals surface area contributed by atoms with E-state index in [1.54, 1.807) is 6.07 Å². The van der Waals surface area contributed by atoms with Crippen molar-refractivity contribution in [2.45, 2.75) is 25.8 Å². The van der Waals surface area contributed by atoms with Gasteiger partial charge < -0.3 is 9.88 Å². The number of carbonyl (C=O) groups is 1. The Balaban J connectivity index is 1.93. The van der Waals surface area contributed by atoms with Gasteiger partial charge in [-0.05, 0) is 37.0 Å². The van der Waals surface area contributed by atoms with Gasteiger partial charge in [0.25, 0.3) is 5.91 Å². The van der Waals surface area contributed by atoms with E-state index in [0.717, 1.165) is 19.4 Å². The summed E-state index contributed by atoms with van der Waals surface area (Å²) < 4.78 is 0. The average Bonchev–Trinajstić information content (AvgIpc) is 2.96. The molecule has 1 atom stereocenters. The van der Waals surface area contributed by atoms with Crippen LogP contribution in [0.5, 0.6) is 0 Å². The fourth-order valence-corrected chi connectivity index (χ4v) is 3.04. The number of carbonyl (C=O) groups excluding carboxylic acids is 1. The monoisotopic (exact) mass is 282 g/mol. The smallest absolute Gasteiger partial charge is 0.254 e. The van der Waals surface area contributed by atoms with Crippen LogP contribution in [0.3, 0.4) is 0 Å². The van der Waals surface area contributed by atoms with E-state index in [1.807, 2.05) is 17.0 Å². The first-order valence-electron chi connectivity index (χ1n) is 7.22. The molecule has 4 nitrogen and oxygen atoms in total. The van der Waals surface area contributed by atoms with Crippen LogP contribution in [0.15, 0.2) is 47.4 Å². The molecule has 21 heavy (non-hydrogen) atoms. The van der Waals surface area contributed by atoms with Gasteiger partial charge in [-0.25, -0.2) is 0 Å². The molecule has 1 N–H and O–H groups in total. The van der Waals surface area contributed by atoms with Crippen molar-refractivity contribution in [3.05, 3.63) is 69.6 Å². The van der Waals surface area contributed by atoms with Crippen LogP contribution < -0.4 is 5.56 Å². The summed E-state index contributed by atoms with van der Waals surface area (Å²) in [5.41, 5.74) is 2.62. The molecule has 4 heteroatoms. The summed E-state index contributed by atoms with van der Waals surface area (Å²) in [6.07, 6.45) is 3.49. The van der Waals surface area contributed by atoms with E-state index in [9.17, 15) is 9.59 Å². The van der Waals surface area contributed by atoms with E-state index >= 15 is 0 Å². The van der Waals surface area contributed by atoms with Crippen LogP contribution >= 0.6 is 0 Å². The number of aromatic amines is 1. The van der Waals surface area contributed by atoms with E-state index < -0.39 is 0 Å². The molecule has 1 aromatic carbocycles. The minimum atomic E-state index is -0.243. The predicted molar refractivity (Wildman–Crippen MR) is 81.3 cm³/mol. The molecule has 3 rings (SSSR count). The van der Waals surface area contributed by atoms with Crippen molar-refractivity contribution in [1.29, 1.82) is 0 Å². The number of benzene rings is 1. The molecule has 0 saturated carbocycles. The third kappa shape index (κ3) is 2.61. The molecule has 1 aromatic heterocycles. The molecule has 1 fully saturated rings. The Morgan fingerprint density at radius 2 is 2.10 bits per heavy atom. The number of pyridine rings is 1. The van der Waals surface area contributed by atoms with E-state index in [1.165, 1.54) is 23.4 Å². The molecular formula is C17H18N2O2. The number of aryl methyl sites for hydroxylation is 1. The van der Waals surface area contributed by atoms with Gasteiger partial charge in [-0.1, -0.05) is 24.3 Å². The second-order valence-corrected chi connectivity index (χ2v) is 5.45. The third-order valence-corrected chi connectivity index (χ3v) is 4.08. The van der Waals surface area contributed by atoms with Crippen LogP contribution in [-0.4, -0.2) is 22.3 Å². The van der Waals surface area contributed by atoms with Crippen LogP contribution in [0.2, 0.25) is 0 Å². The number of amides is 1. The fraction of sp³-hybridized carbons (Fsp3) is 0.294. The van der Waals surface area contributed by atoms with Gasteiger partial charge in [0.1, 0.15) is 0 Å². The van der Waals surface area contributed by atoms with Gasteiger partial charge in [-0.2, -0.15) is 0 Å². The minimum absolute atomic E-state index is 0.0631. The van der Waals surface area contributed by atoms with Gasteiger partial charge >= 0.3 is 0 Å². The first kappa shape index (κ1) is 13.6. The quantitative estimate of drug-likeness (QED) is 0.920. The lowest BCUT2D eigenvalue weighted by atomic mass is 9.99. The topological polar surface area (TPSA) is 53.2 Å². The summed E-state index contributed by atoms with van der Waals surface area (Å²) in [7, 11) is 0. The van der Waals surface area contributed by atoms with Crippen molar-refractivity contribution in [2.75, 3.05) is 6.54 Å². The normalized spacial score (nSPS) is 18.0. The summed E-state index contributed by atoms with van der Waals surface area (Å²) in [6.45, 7) is 2.81. The summed E-state index contributed by atoms with van der Waals surface area (Å²) in [6, 6.07) is 11.3. The molecular weight excluding hydrogens is 264 g/mol. The first-order chi connectivity index (χ1) is 10.2. The molecule has 108 valence electrons. The van der Waals surface area contributed by atoms with Gasteiger partial charge in [0, 0.05) is 24.4 Å². The van der Waals surface area contributed by atoms with E-state index in [4.69, 9.17) is 0 Å². The molecule has 2 heterocycles. The second-order valence-electron chi connectivity index (χ2n) is 5.45. The van der Waals surface area contributed by atoms with Crippen LogP contribution in [0.1, 0.15) is 40.4 Å². The molecule has 0 radical (unpaired) electrons. The molecule has 2 aromatic rings. The highest BCUT2D eigenvalue weighted by atomic mass is 16.2. The summed E-state index contributed by atoms with van der Waals surface area (Å²) >= 11 is 0. The Kier molecular flexibility index (Phi) is 3.60. The predicted octanol–water partition coefficient (Wildman–Crippen LogP) is 2.66. The summed E-state index contributed by atoms with van der Waals surface area (Å²) in [5.74, 6) is -0.0631. The lowest BCUT2D eigenvalue weighted by Gasteiger charge is -2.26. The van der Waals surface area contributed by atoms with Crippen molar-refractivity contribution in [3.63, 3.8) is 0 Å². The van der Waals surface area contributed by atoms with Gasteiger partial charge in [0.05, 0.1) is 6.04 Å². The molecule has 1 unspecified atom stereocenters. The van der Waals surface area contributed by atoms with Crippen LogP contribution in [0.25, 0.3) is 0 Å². The number of nitrogens with zero attached hydrogens (tertiary/aromatic N) is 1. The van der Waals surface area contributed by atoms with Gasteiger partial charge in [-0.15, -0.1) is 0 Å². The number of nitrogens with one attached hydrogen (secondary N) is 1. The number of hydrogen-bond acceptors (Lipinski definition) is 2. The van der Waals surface area contributed by atoms with E-state index in [-0.39, 0.29) is 17.5 Å². The Morgan fingerprint density at radius 3 is 2.86 bits per heavy atom. The molecule has 1 aliphatic rings. The number of rotatable bonds is 2. The van der Waals surface area contributed by atoms with Gasteiger partial charge in [-0.3, -0.25) is 9.59 Å². The number of likely N-dealkylation sites (tertiary alicyclic amines) is 1. The highest BCUT2D eigenvalue weighted by molar-refractivity contribution is 5.94. The van der Waals surface area contributed by atoms with Crippen molar-refractivity contribution in [3.8, 4) is 0 Å². The van der Waals surface area contributed by atoms with Crippen molar-refractivity contribution in [2.24, 2.45) is 0 Å². The maximum atomic E-state index is 12.7. The molecule has 0 aliphatic carbocycles. The number of hydrogen-bond donors (Lipinski definition) is 1. The lowest BCUT2D eigenvalue weighted by molar-refractivity contribution is 0.0735. The number of aromatic nitrogens is 1. The first-order valence-corrected chi connectivity index (χ1v) is 7.22. The summed E-state index contributed by atoms with van der Waals surface area (Å²) in [4.78, 5) is 28.5. The zero-order valence-electron chi connectivity index (χ0n) is 12.0. The Hall–Kier alpha value is -2.36. The van der Waals surface area contributed by atoms with E-state index in [0.29, 0.717) is 5.56 Å². The molecule has 1 amide bonds. The highest BCUT2D eigenvalue weighted by Gasteiger charge is 2.31. The lowest BCUT2D eigenvalue weighted by Crippen LogP contribution is -2.31. The maximum Gasteiger partial charge on any atom is 0.254 e. The largest absolute Gasteiger partial charge is 0.332 e. The van der Waals surface area contributed by atoms with Crippen molar-refractivity contribution in [1.82, 2.24) is 9.88 Å². The van der Waals surface area contributed by atoms with Gasteiger partial charge in [0.15, 0.2) is 0 Å². The maximum absolute atomic E-state index is 12.7. The van der Waals surface area contributed by atoms with Crippen molar-refractivity contribution >= 4 is 5.91 Å². The van der Waals surface area contributed by atoms with Crippen LogP contribution in [-0.2, 0) is 0 Å². The van der Waals surface area contributed by atoms with E-state index in [2.05, 4.69) is 24.0 Å². The van der Waals surface area contributed by atoms with Crippen LogP contribution in [0, 0.1) is 6.92 Å². The standard InChI is InChI=1S/C17H18N2O2/c1-12-5-2-3-6-14(12)15-7-4-10-19(15)17(21)13-8-9-18-16(20)11-13/h2-3,5-6,8-9,11,15H,4,7,10H2,1H3,(H,18,20). The average molecular weight is 282 g/mol. The highest BCUT2D eigenvalue weighted by Crippen LogP contribution is 2.34.